The molecule has 0 bridgehead atoms. The van der Waals surface area contributed by atoms with Crippen molar-refractivity contribution in [2.24, 2.45) is 0 Å². The highest BCUT2D eigenvalue weighted by Gasteiger charge is 3.07. The Bertz CT molecular complexity index is 1210. The summed E-state index contributed by atoms with van der Waals surface area (Å²) in [5.74, 6) is -122. The highest BCUT2D eigenvalue weighted by molar-refractivity contribution is 5.87. The third-order valence-electron chi connectivity index (χ3n) is 6.18. The fraction of sp³-hybridized carbons (Fsp3) is 0.833. The first kappa shape index (κ1) is 42.3. The van der Waals surface area contributed by atoms with Gasteiger partial charge in [-0.3, -0.25) is 0 Å². The first-order valence-electron chi connectivity index (χ1n) is 10.3. The highest BCUT2D eigenvalue weighted by Crippen LogP contribution is 2.74. The Balaban J connectivity index is 4.84. The van der Waals surface area contributed by atoms with E-state index < -0.39 is 94.4 Å². The van der Waals surface area contributed by atoms with Gasteiger partial charge in [-0.25, -0.2) is 9.18 Å². The van der Waals surface area contributed by atoms with Gasteiger partial charge in [0.25, 0.3) is 0 Å². The molecule has 29 heteroatoms. The largest absolute Gasteiger partial charge is 0.473 e. The number of rotatable bonds is 5. The molecule has 2 nitrogen and oxygen atoms in total. The van der Waals surface area contributed by atoms with Crippen molar-refractivity contribution in [1.29, 1.82) is 0 Å². The highest BCUT2D eigenvalue weighted by atomic mass is 19.4. The molecule has 278 valence electrons. The second-order valence-corrected chi connectivity index (χ2v) is 9.24. The van der Waals surface area contributed by atoms with Crippen LogP contribution in [0.4, 0.5) is 119 Å². The molecule has 0 atom stereocenters. The molecule has 0 radical (unpaired) electrons. The van der Waals surface area contributed by atoms with Crippen molar-refractivity contribution in [3.8, 4) is 0 Å². The summed E-state index contributed by atoms with van der Waals surface area (Å²) in [5, 5.41) is 0. The number of halogens is 27. The van der Waals surface area contributed by atoms with Crippen LogP contribution in [0.25, 0.3) is 0 Å². The van der Waals surface area contributed by atoms with E-state index in [0.29, 0.717) is 0 Å². The average molecular weight is 766 g/mol. The maximum atomic E-state index is 15.2. The molecule has 0 unspecified atom stereocenters. The van der Waals surface area contributed by atoms with E-state index in [-0.39, 0.29) is 6.92 Å². The Labute approximate surface area is 237 Å². The quantitative estimate of drug-likeness (QED) is 0.159. The van der Waals surface area contributed by atoms with Crippen molar-refractivity contribution in [2.45, 2.75) is 89.8 Å². The zero-order valence-corrected chi connectivity index (χ0v) is 20.7. The molecule has 0 aromatic carbocycles. The van der Waals surface area contributed by atoms with Crippen molar-refractivity contribution in [2.75, 3.05) is 0 Å². The summed E-state index contributed by atoms with van der Waals surface area (Å²) < 4.78 is 382. The summed E-state index contributed by atoms with van der Waals surface area (Å²) in [5.41, 5.74) is -12.4. The summed E-state index contributed by atoms with van der Waals surface area (Å²) in [4.78, 5) is 11.0. The lowest BCUT2D eigenvalue weighted by molar-refractivity contribution is -0.492. The van der Waals surface area contributed by atoms with E-state index in [1.807, 2.05) is 0 Å². The Hall–Kier alpha value is -2.68. The molecule has 0 saturated heterocycles. The van der Waals surface area contributed by atoms with Crippen molar-refractivity contribution in [1.82, 2.24) is 0 Å². The molecule has 0 N–H and O–H groups in total. The van der Waals surface area contributed by atoms with Gasteiger partial charge < -0.3 is 4.74 Å². The summed E-state index contributed by atoms with van der Waals surface area (Å²) in [6, 6.07) is 0. The van der Waals surface area contributed by atoms with Gasteiger partial charge in [-0.05, 0) is 6.92 Å². The Kier molecular flexibility index (Phi) is 8.96. The summed E-state index contributed by atoms with van der Waals surface area (Å²) in [7, 11) is 0. The maximum Gasteiger partial charge on any atom is 0.473 e. The summed E-state index contributed by atoms with van der Waals surface area (Å²) in [6.45, 7) is 2.26. The van der Waals surface area contributed by atoms with Gasteiger partial charge >= 0.3 is 88.8 Å². The number of ether oxygens (including phenoxy) is 1. The van der Waals surface area contributed by atoms with E-state index in [9.17, 15) is 119 Å². The van der Waals surface area contributed by atoms with Crippen LogP contribution in [0.1, 0.15) is 6.92 Å². The Morgan fingerprint density at radius 3 is 0.830 bits per heavy atom. The number of alkyl halides is 27. The molecule has 0 amide bonds. The van der Waals surface area contributed by atoms with E-state index >= 15 is 4.39 Å². The van der Waals surface area contributed by atoms with Crippen LogP contribution in [-0.4, -0.2) is 88.8 Å². The molecule has 1 rings (SSSR count). The van der Waals surface area contributed by atoms with Crippen LogP contribution < -0.4 is 0 Å². The zero-order chi connectivity index (χ0) is 38.9. The van der Waals surface area contributed by atoms with E-state index in [0.717, 1.165) is 0 Å². The van der Waals surface area contributed by atoms with Gasteiger partial charge in [0, 0.05) is 5.57 Å². The first-order valence-corrected chi connectivity index (χ1v) is 10.3. The molecule has 0 heterocycles. The normalized spacial score (nSPS) is 28.3. The molecule has 0 aromatic heterocycles. The van der Waals surface area contributed by atoms with E-state index in [1.165, 1.54) is 0 Å². The number of hydrogen-bond donors (Lipinski definition) is 0. The molecule has 1 aliphatic carbocycles. The molecule has 1 aliphatic rings. The summed E-state index contributed by atoms with van der Waals surface area (Å²) >= 11 is 0. The molecule has 1 saturated carbocycles. The minimum atomic E-state index is -10.7. The predicted molar refractivity (Wildman–Crippen MR) is 89.1 cm³/mol. The summed E-state index contributed by atoms with van der Waals surface area (Å²) in [6.07, 6.45) is -8.16. The van der Waals surface area contributed by atoms with E-state index in [1.54, 1.807) is 0 Å². The van der Waals surface area contributed by atoms with Crippen LogP contribution in [0.5, 0.6) is 0 Å². The van der Waals surface area contributed by atoms with Crippen LogP contribution >= 0.6 is 0 Å². The SMILES string of the molecule is C=C(C)C(=O)OC(F)(F)C(F)(F)C(F)(F)C1(F)C(F)(F)C(F)(F)C(F)(F)C(F)(F)C(F)(F)C(F)(F)C(F)(F)C(F)(F)C(F)(F)C1(F)F. The monoisotopic (exact) mass is 766 g/mol. The van der Waals surface area contributed by atoms with E-state index in [4.69, 9.17) is 0 Å². The van der Waals surface area contributed by atoms with Crippen molar-refractivity contribution in [3.63, 3.8) is 0 Å². The van der Waals surface area contributed by atoms with E-state index in [2.05, 4.69) is 11.3 Å². The Morgan fingerprint density at radius 2 is 0.638 bits per heavy atom. The topological polar surface area (TPSA) is 26.3 Å². The second-order valence-electron chi connectivity index (χ2n) is 9.24. The van der Waals surface area contributed by atoms with Crippen molar-refractivity contribution >= 4 is 5.97 Å². The first-order chi connectivity index (χ1) is 19.8. The lowest BCUT2D eigenvalue weighted by Gasteiger charge is -2.50. The van der Waals surface area contributed by atoms with Gasteiger partial charge in [-0.1, -0.05) is 6.58 Å². The molecule has 1 fully saturated rings. The van der Waals surface area contributed by atoms with Crippen LogP contribution in [0.3, 0.4) is 0 Å². The molecule has 0 aromatic rings. The van der Waals surface area contributed by atoms with Crippen LogP contribution in [0, 0.1) is 0 Å². The van der Waals surface area contributed by atoms with Gasteiger partial charge in [-0.15, -0.1) is 0 Å². The fourth-order valence-corrected chi connectivity index (χ4v) is 3.27. The second kappa shape index (κ2) is 9.95. The van der Waals surface area contributed by atoms with Crippen molar-refractivity contribution < 1.29 is 128 Å². The lowest BCUT2D eigenvalue weighted by Crippen LogP contribution is -2.84. The Morgan fingerprint density at radius 1 is 0.447 bits per heavy atom. The minimum Gasteiger partial charge on any atom is -0.393 e. The maximum absolute atomic E-state index is 15.2. The third-order valence-corrected chi connectivity index (χ3v) is 6.18. The van der Waals surface area contributed by atoms with Gasteiger partial charge in [0.1, 0.15) is 0 Å². The average Bonchev–Trinajstić information content (AvgIpc) is 2.85. The fourth-order valence-electron chi connectivity index (χ4n) is 3.27. The van der Waals surface area contributed by atoms with Gasteiger partial charge in [0.05, 0.1) is 0 Å². The van der Waals surface area contributed by atoms with Gasteiger partial charge in [0.15, 0.2) is 0 Å². The van der Waals surface area contributed by atoms with Gasteiger partial charge in [-0.2, -0.15) is 114 Å². The molecule has 47 heavy (non-hydrogen) atoms. The van der Waals surface area contributed by atoms with Gasteiger partial charge in [0.2, 0.25) is 0 Å². The molecular formula is C18H5F27O2. The lowest BCUT2D eigenvalue weighted by atomic mass is 9.73. The van der Waals surface area contributed by atoms with Crippen LogP contribution in [0.15, 0.2) is 12.2 Å². The smallest absolute Gasteiger partial charge is 0.393 e. The predicted octanol–water partition coefficient (Wildman–Crippen LogP) is 9.04. The number of esters is 1. The number of carbonyl (C=O) groups excluding carboxylic acids is 1. The van der Waals surface area contributed by atoms with Crippen LogP contribution in [0.2, 0.25) is 0 Å². The molecular weight excluding hydrogens is 761 g/mol. The number of carbonyl (C=O) groups is 1. The van der Waals surface area contributed by atoms with Crippen LogP contribution in [-0.2, 0) is 9.53 Å². The molecule has 0 spiro atoms. The minimum absolute atomic E-state index is 0.0368. The standard InChI is InChI=1S/C18H5F27O2/c1-3(2)4(46)47-18(44,45)17(42,43)8(24,25)5(19)6(20,21)9(26,27)11(30,31)13(34,35)15(38,39)16(40,41)14(36,37)12(32,33)10(28,29)7(5,22)23/h1H2,2H3. The zero-order valence-electron chi connectivity index (χ0n) is 20.7. The third kappa shape index (κ3) is 4.22. The number of hydrogen-bond acceptors (Lipinski definition) is 2. The molecule has 0 aliphatic heterocycles. The van der Waals surface area contributed by atoms with Crippen molar-refractivity contribution in [3.05, 3.63) is 12.2 Å².